The molecule has 0 saturated carbocycles. The minimum Gasteiger partial charge on any atom is -0.497 e. The average molecular weight is 492 g/mol. The Bertz CT molecular complexity index is 1290. The van der Waals surface area contributed by atoms with Gasteiger partial charge < -0.3 is 14.4 Å². The third-order valence-corrected chi connectivity index (χ3v) is 5.96. The molecule has 1 amide bonds. The molecule has 0 N–H and O–H groups in total. The molecule has 1 aliphatic heterocycles. The van der Waals surface area contributed by atoms with Crippen molar-refractivity contribution in [2.45, 2.75) is 6.42 Å². The van der Waals surface area contributed by atoms with Crippen LogP contribution in [-0.4, -0.2) is 43.7 Å². The number of hydrogen-bond donors (Lipinski definition) is 0. The molecular formula is C27H22ClNO6. The first kappa shape index (κ1) is 24.2. The van der Waals surface area contributed by atoms with Crippen molar-refractivity contribution in [2.24, 2.45) is 5.92 Å². The first-order valence-electron chi connectivity index (χ1n) is 10.9. The van der Waals surface area contributed by atoms with E-state index in [0.717, 1.165) is 0 Å². The monoisotopic (exact) mass is 491 g/mol. The highest BCUT2D eigenvalue weighted by atomic mass is 35.5. The number of benzene rings is 3. The van der Waals surface area contributed by atoms with Gasteiger partial charge in [-0.2, -0.15) is 0 Å². The standard InChI is InChI=1S/C27H22ClNO6/c1-34-21-9-5-8-18(12-21)24(30)16-35-27(33)19-13-25(31)29(15-19)23-11-10-20(28)14-22(23)26(32)17-6-3-2-4-7-17/h2-12,14,19H,13,15-16H2,1H3/t19-/m0/s1. The normalized spacial score (nSPS) is 15.1. The summed E-state index contributed by atoms with van der Waals surface area (Å²) in [6.07, 6.45) is -0.0895. The maximum absolute atomic E-state index is 13.1. The van der Waals surface area contributed by atoms with Crippen molar-refractivity contribution < 1.29 is 28.7 Å². The molecule has 35 heavy (non-hydrogen) atoms. The lowest BCUT2D eigenvalue weighted by atomic mass is 10.0. The van der Waals surface area contributed by atoms with Gasteiger partial charge in [0.15, 0.2) is 18.2 Å². The Kier molecular flexibility index (Phi) is 7.27. The van der Waals surface area contributed by atoms with E-state index in [-0.39, 0.29) is 36.0 Å². The summed E-state index contributed by atoms with van der Waals surface area (Å²) in [4.78, 5) is 52.4. The van der Waals surface area contributed by atoms with Crippen LogP contribution in [0.2, 0.25) is 5.02 Å². The van der Waals surface area contributed by atoms with Crippen LogP contribution in [0, 0.1) is 5.92 Å². The Morgan fingerprint density at radius 1 is 0.971 bits per heavy atom. The summed E-state index contributed by atoms with van der Waals surface area (Å²) in [5, 5.41) is 0.353. The Labute approximate surface area is 207 Å². The molecule has 0 unspecified atom stereocenters. The van der Waals surface area contributed by atoms with Crippen molar-refractivity contribution in [1.82, 2.24) is 0 Å². The predicted molar refractivity (Wildman–Crippen MR) is 130 cm³/mol. The van der Waals surface area contributed by atoms with Gasteiger partial charge in [0.2, 0.25) is 5.91 Å². The number of halogens is 1. The molecule has 0 aromatic heterocycles. The molecule has 8 heteroatoms. The molecule has 3 aromatic rings. The number of anilines is 1. The SMILES string of the molecule is COc1cccc(C(=O)COC(=O)[C@H]2CC(=O)N(c3ccc(Cl)cc3C(=O)c3ccccc3)C2)c1. The molecule has 1 atom stereocenters. The Hall–Kier alpha value is -3.97. The first-order valence-corrected chi connectivity index (χ1v) is 11.3. The fourth-order valence-corrected chi connectivity index (χ4v) is 4.08. The lowest BCUT2D eigenvalue weighted by Gasteiger charge is -2.20. The van der Waals surface area contributed by atoms with Gasteiger partial charge in [-0.15, -0.1) is 0 Å². The van der Waals surface area contributed by atoms with Gasteiger partial charge in [0.1, 0.15) is 5.75 Å². The highest BCUT2D eigenvalue weighted by Crippen LogP contribution is 2.32. The number of nitrogens with zero attached hydrogens (tertiary/aromatic N) is 1. The summed E-state index contributed by atoms with van der Waals surface area (Å²) in [5.74, 6) is -1.89. The van der Waals surface area contributed by atoms with Crippen LogP contribution in [0.5, 0.6) is 5.75 Å². The van der Waals surface area contributed by atoms with E-state index in [2.05, 4.69) is 0 Å². The lowest BCUT2D eigenvalue weighted by Crippen LogP contribution is -2.28. The Morgan fingerprint density at radius 3 is 2.46 bits per heavy atom. The first-order chi connectivity index (χ1) is 16.9. The largest absolute Gasteiger partial charge is 0.497 e. The van der Waals surface area contributed by atoms with Crippen molar-refractivity contribution >= 4 is 40.7 Å². The molecule has 178 valence electrons. The molecule has 0 bridgehead atoms. The second-order valence-corrected chi connectivity index (χ2v) is 8.46. The Balaban J connectivity index is 1.47. The number of rotatable bonds is 8. The number of carbonyl (C=O) groups is 4. The van der Waals surface area contributed by atoms with E-state index >= 15 is 0 Å². The van der Waals surface area contributed by atoms with E-state index in [4.69, 9.17) is 21.1 Å². The second-order valence-electron chi connectivity index (χ2n) is 8.02. The minimum absolute atomic E-state index is 0.0295. The highest BCUT2D eigenvalue weighted by Gasteiger charge is 2.38. The van der Waals surface area contributed by atoms with Crippen LogP contribution >= 0.6 is 11.6 Å². The number of amides is 1. The van der Waals surface area contributed by atoms with Gasteiger partial charge in [0, 0.05) is 34.7 Å². The molecule has 0 radical (unpaired) electrons. The molecule has 1 fully saturated rings. The molecule has 4 rings (SSSR count). The zero-order valence-corrected chi connectivity index (χ0v) is 19.7. The maximum Gasteiger partial charge on any atom is 0.311 e. The molecule has 3 aromatic carbocycles. The number of esters is 1. The highest BCUT2D eigenvalue weighted by molar-refractivity contribution is 6.31. The number of ether oxygens (including phenoxy) is 2. The van der Waals surface area contributed by atoms with Crippen molar-refractivity contribution in [1.29, 1.82) is 0 Å². The van der Waals surface area contributed by atoms with Crippen molar-refractivity contribution in [3.05, 3.63) is 94.5 Å². The van der Waals surface area contributed by atoms with Gasteiger partial charge in [0.25, 0.3) is 0 Å². The van der Waals surface area contributed by atoms with Gasteiger partial charge in [-0.1, -0.05) is 54.1 Å². The smallest absolute Gasteiger partial charge is 0.311 e. The third kappa shape index (κ3) is 5.41. The van der Waals surface area contributed by atoms with Crippen LogP contribution < -0.4 is 9.64 Å². The number of methoxy groups -OCH3 is 1. The molecule has 1 heterocycles. The van der Waals surface area contributed by atoms with Crippen LogP contribution in [-0.2, 0) is 14.3 Å². The zero-order chi connectivity index (χ0) is 24.9. The van der Waals surface area contributed by atoms with Crippen molar-refractivity contribution in [3.63, 3.8) is 0 Å². The van der Waals surface area contributed by atoms with E-state index in [1.165, 1.54) is 18.1 Å². The molecule has 1 saturated heterocycles. The van der Waals surface area contributed by atoms with Crippen LogP contribution in [0.25, 0.3) is 0 Å². The van der Waals surface area contributed by atoms with Crippen LogP contribution in [0.4, 0.5) is 5.69 Å². The minimum atomic E-state index is -0.768. The fourth-order valence-electron chi connectivity index (χ4n) is 3.90. The fraction of sp³-hybridized carbons (Fsp3) is 0.185. The topological polar surface area (TPSA) is 90.0 Å². The number of carbonyl (C=O) groups excluding carboxylic acids is 4. The van der Waals surface area contributed by atoms with Crippen LogP contribution in [0.3, 0.4) is 0 Å². The summed E-state index contributed by atoms with van der Waals surface area (Å²) >= 11 is 6.14. The van der Waals surface area contributed by atoms with Gasteiger partial charge >= 0.3 is 5.97 Å². The second kappa shape index (κ2) is 10.5. The van der Waals surface area contributed by atoms with Gasteiger partial charge in [-0.25, -0.2) is 0 Å². The lowest BCUT2D eigenvalue weighted by molar-refractivity contribution is -0.147. The quantitative estimate of drug-likeness (QED) is 0.343. The summed E-state index contributed by atoms with van der Waals surface area (Å²) < 4.78 is 10.3. The number of Topliss-reactive ketones (excluding diaryl/α,β-unsaturated/α-hetero) is 1. The van der Waals surface area contributed by atoms with Gasteiger partial charge in [-0.3, -0.25) is 19.2 Å². The molecule has 0 spiro atoms. The number of hydrogen-bond acceptors (Lipinski definition) is 6. The Morgan fingerprint density at radius 2 is 1.71 bits per heavy atom. The molecule has 1 aliphatic rings. The number of ketones is 2. The van der Waals surface area contributed by atoms with Crippen LogP contribution in [0.1, 0.15) is 32.7 Å². The van der Waals surface area contributed by atoms with E-state index in [0.29, 0.717) is 27.6 Å². The van der Waals surface area contributed by atoms with E-state index in [9.17, 15) is 19.2 Å². The van der Waals surface area contributed by atoms with Crippen LogP contribution in [0.15, 0.2) is 72.8 Å². The van der Waals surface area contributed by atoms with E-state index in [1.54, 1.807) is 66.7 Å². The van der Waals surface area contributed by atoms with E-state index in [1.807, 2.05) is 0 Å². The maximum atomic E-state index is 13.1. The predicted octanol–water partition coefficient (Wildman–Crippen LogP) is 4.36. The van der Waals surface area contributed by atoms with Gasteiger partial charge in [-0.05, 0) is 30.3 Å². The summed E-state index contributed by atoms with van der Waals surface area (Å²) in [5.41, 5.74) is 1.44. The van der Waals surface area contributed by atoms with E-state index < -0.39 is 18.5 Å². The molecule has 7 nitrogen and oxygen atoms in total. The molecular weight excluding hydrogens is 470 g/mol. The van der Waals surface area contributed by atoms with Gasteiger partial charge in [0.05, 0.1) is 18.7 Å². The average Bonchev–Trinajstić information content (AvgIpc) is 3.28. The summed E-state index contributed by atoms with van der Waals surface area (Å²) in [6.45, 7) is -0.420. The molecule has 0 aliphatic carbocycles. The van der Waals surface area contributed by atoms with Crippen molar-refractivity contribution in [2.75, 3.05) is 25.2 Å². The summed E-state index contributed by atoms with van der Waals surface area (Å²) in [7, 11) is 1.49. The zero-order valence-electron chi connectivity index (χ0n) is 18.9. The third-order valence-electron chi connectivity index (χ3n) is 5.73. The van der Waals surface area contributed by atoms with Crippen molar-refractivity contribution in [3.8, 4) is 5.75 Å². The summed E-state index contributed by atoms with van der Waals surface area (Å²) in [6, 6.07) is 19.9.